The fraction of sp³-hybridized carbons (Fsp3) is 0.194. The molecule has 38 heavy (non-hydrogen) atoms. The number of ether oxygens (including phenoxy) is 1. The molecular weight excluding hydrogens is 510 g/mol. The van der Waals surface area contributed by atoms with Crippen molar-refractivity contribution < 1.29 is 9.53 Å². The lowest BCUT2D eigenvalue weighted by Gasteiger charge is -2.14. The molecule has 0 radical (unpaired) electrons. The van der Waals surface area contributed by atoms with Crippen molar-refractivity contribution in [3.63, 3.8) is 0 Å². The van der Waals surface area contributed by atoms with Crippen LogP contribution in [-0.2, 0) is 11.2 Å². The summed E-state index contributed by atoms with van der Waals surface area (Å²) in [6, 6.07) is 26.2. The number of aromatic nitrogens is 2. The van der Waals surface area contributed by atoms with Gasteiger partial charge in [0.05, 0.1) is 17.2 Å². The third-order valence-electron chi connectivity index (χ3n) is 6.32. The van der Waals surface area contributed by atoms with Crippen LogP contribution in [0.2, 0.25) is 0 Å². The van der Waals surface area contributed by atoms with E-state index < -0.39 is 0 Å². The summed E-state index contributed by atoms with van der Waals surface area (Å²) >= 11 is 6.95. The standard InChI is InChI=1S/C31H29N3O2S2/c1-3-18-36-26-14-15-27(22(2)19-26)29-24(21-34(32-29)25-12-8-5-9-13-25)20-28-30(35)33(31(37)38-28)17-16-23-10-6-4-7-11-23/h4-15,19-21H,3,16-18H2,1-2H3/b28-20-. The van der Waals surface area contributed by atoms with Crippen molar-refractivity contribution in [2.45, 2.75) is 26.7 Å². The van der Waals surface area contributed by atoms with Gasteiger partial charge in [0.2, 0.25) is 0 Å². The summed E-state index contributed by atoms with van der Waals surface area (Å²) in [6.45, 7) is 5.38. The molecule has 1 saturated heterocycles. The van der Waals surface area contributed by atoms with Gasteiger partial charge in [0.1, 0.15) is 15.8 Å². The molecule has 1 aromatic heterocycles. The molecule has 5 nitrogen and oxygen atoms in total. The molecule has 1 aliphatic rings. The Morgan fingerprint density at radius 2 is 1.76 bits per heavy atom. The number of thioether (sulfide) groups is 1. The molecule has 0 N–H and O–H groups in total. The third-order valence-corrected chi connectivity index (χ3v) is 7.69. The number of thiocarbonyl (C=S) groups is 1. The summed E-state index contributed by atoms with van der Waals surface area (Å²) in [5, 5.41) is 4.95. The number of aryl methyl sites for hydroxylation is 1. The predicted molar refractivity (Wildman–Crippen MR) is 160 cm³/mol. The number of carbonyl (C=O) groups is 1. The molecule has 0 aliphatic carbocycles. The van der Waals surface area contributed by atoms with E-state index in [2.05, 4.69) is 26.0 Å². The topological polar surface area (TPSA) is 47.4 Å². The highest BCUT2D eigenvalue weighted by Gasteiger charge is 2.32. The van der Waals surface area contributed by atoms with Gasteiger partial charge in [0.15, 0.2) is 0 Å². The Hall–Kier alpha value is -3.68. The minimum atomic E-state index is -0.0608. The van der Waals surface area contributed by atoms with Crippen molar-refractivity contribution in [1.82, 2.24) is 14.7 Å². The number of benzene rings is 3. The molecule has 3 aromatic carbocycles. The van der Waals surface area contributed by atoms with Crippen molar-refractivity contribution in [2.75, 3.05) is 13.2 Å². The summed E-state index contributed by atoms with van der Waals surface area (Å²) in [6.07, 6.45) is 5.60. The molecule has 1 aliphatic heterocycles. The first-order valence-corrected chi connectivity index (χ1v) is 13.9. The summed E-state index contributed by atoms with van der Waals surface area (Å²) in [7, 11) is 0. The van der Waals surface area contributed by atoms with E-state index in [0.717, 1.165) is 46.7 Å². The van der Waals surface area contributed by atoms with Gasteiger partial charge in [-0.25, -0.2) is 4.68 Å². The molecule has 4 aromatic rings. The van der Waals surface area contributed by atoms with Crippen molar-refractivity contribution in [3.05, 3.63) is 107 Å². The van der Waals surface area contributed by atoms with Gasteiger partial charge in [-0.1, -0.05) is 79.4 Å². The van der Waals surface area contributed by atoms with Crippen LogP contribution in [0.5, 0.6) is 5.75 Å². The second kappa shape index (κ2) is 11.8. The van der Waals surface area contributed by atoms with E-state index in [1.54, 1.807) is 4.90 Å². The predicted octanol–water partition coefficient (Wildman–Crippen LogP) is 7.08. The molecule has 2 heterocycles. The van der Waals surface area contributed by atoms with Crippen LogP contribution in [0.3, 0.4) is 0 Å². The molecule has 1 fully saturated rings. The van der Waals surface area contributed by atoms with Gasteiger partial charge in [-0.05, 0) is 67.3 Å². The summed E-state index contributed by atoms with van der Waals surface area (Å²) in [4.78, 5) is 15.7. The van der Waals surface area contributed by atoms with Gasteiger partial charge in [-0.3, -0.25) is 9.69 Å². The SMILES string of the molecule is CCCOc1ccc(-c2nn(-c3ccccc3)cc2/C=C2\SC(=S)N(CCc3ccccc3)C2=O)c(C)c1. The second-order valence-corrected chi connectivity index (χ2v) is 10.8. The second-order valence-electron chi connectivity index (χ2n) is 9.11. The molecule has 7 heteroatoms. The first-order valence-electron chi connectivity index (χ1n) is 12.7. The zero-order chi connectivity index (χ0) is 26.5. The Balaban J connectivity index is 1.48. The molecule has 0 atom stereocenters. The number of rotatable bonds is 9. The highest BCUT2D eigenvalue weighted by Crippen LogP contribution is 2.36. The zero-order valence-electron chi connectivity index (χ0n) is 21.5. The van der Waals surface area contributed by atoms with Gasteiger partial charge in [0, 0.05) is 23.9 Å². The summed E-state index contributed by atoms with van der Waals surface area (Å²) in [5.74, 6) is 0.783. The van der Waals surface area contributed by atoms with Gasteiger partial charge >= 0.3 is 0 Å². The number of carbonyl (C=O) groups excluding carboxylic acids is 1. The number of hydrogen-bond donors (Lipinski definition) is 0. The minimum Gasteiger partial charge on any atom is -0.494 e. The minimum absolute atomic E-state index is 0.0608. The normalized spacial score (nSPS) is 14.5. The average molecular weight is 540 g/mol. The Kier molecular flexibility index (Phi) is 8.05. The maximum absolute atomic E-state index is 13.4. The van der Waals surface area contributed by atoms with E-state index in [-0.39, 0.29) is 5.91 Å². The van der Waals surface area contributed by atoms with Gasteiger partial charge in [-0.2, -0.15) is 5.10 Å². The van der Waals surface area contributed by atoms with Crippen LogP contribution in [-0.4, -0.2) is 38.1 Å². The largest absolute Gasteiger partial charge is 0.494 e. The number of hydrogen-bond acceptors (Lipinski definition) is 5. The summed E-state index contributed by atoms with van der Waals surface area (Å²) in [5.41, 5.74) is 5.85. The Labute approximate surface area is 233 Å². The number of nitrogens with zero attached hydrogens (tertiary/aromatic N) is 3. The van der Waals surface area contributed by atoms with Crippen molar-refractivity contribution >= 4 is 40.3 Å². The van der Waals surface area contributed by atoms with Crippen molar-refractivity contribution in [2.24, 2.45) is 0 Å². The molecule has 0 saturated carbocycles. The maximum Gasteiger partial charge on any atom is 0.266 e. The maximum atomic E-state index is 13.4. The van der Waals surface area contributed by atoms with Crippen LogP contribution in [0.25, 0.3) is 23.0 Å². The van der Waals surface area contributed by atoms with Gasteiger partial charge < -0.3 is 4.74 Å². The van der Waals surface area contributed by atoms with E-state index in [4.69, 9.17) is 22.1 Å². The zero-order valence-corrected chi connectivity index (χ0v) is 23.1. The number of amides is 1. The molecule has 0 spiro atoms. The highest BCUT2D eigenvalue weighted by molar-refractivity contribution is 8.26. The lowest BCUT2D eigenvalue weighted by atomic mass is 10.0. The van der Waals surface area contributed by atoms with E-state index in [9.17, 15) is 4.79 Å². The van der Waals surface area contributed by atoms with E-state index in [1.165, 1.54) is 17.3 Å². The molecule has 192 valence electrons. The first kappa shape index (κ1) is 25.9. The highest BCUT2D eigenvalue weighted by atomic mass is 32.2. The Bertz CT molecular complexity index is 1480. The van der Waals surface area contributed by atoms with Crippen LogP contribution in [0.15, 0.2) is 90.0 Å². The van der Waals surface area contributed by atoms with Crippen molar-refractivity contribution in [1.29, 1.82) is 0 Å². The van der Waals surface area contributed by atoms with Crippen LogP contribution in [0.4, 0.5) is 0 Å². The molecule has 0 bridgehead atoms. The van der Waals surface area contributed by atoms with E-state index in [0.29, 0.717) is 22.4 Å². The van der Waals surface area contributed by atoms with Crippen molar-refractivity contribution in [3.8, 4) is 22.7 Å². The Morgan fingerprint density at radius 3 is 2.47 bits per heavy atom. The summed E-state index contributed by atoms with van der Waals surface area (Å²) < 4.78 is 8.27. The van der Waals surface area contributed by atoms with Crippen LogP contribution in [0.1, 0.15) is 30.0 Å². The number of para-hydroxylation sites is 1. The van der Waals surface area contributed by atoms with Crippen LogP contribution in [0, 0.1) is 6.92 Å². The lowest BCUT2D eigenvalue weighted by Crippen LogP contribution is -2.30. The van der Waals surface area contributed by atoms with Crippen LogP contribution < -0.4 is 4.74 Å². The third kappa shape index (κ3) is 5.74. The quantitative estimate of drug-likeness (QED) is 0.168. The molecule has 1 amide bonds. The van der Waals surface area contributed by atoms with Crippen LogP contribution >= 0.6 is 24.0 Å². The Morgan fingerprint density at radius 1 is 1.03 bits per heavy atom. The average Bonchev–Trinajstić information content (AvgIpc) is 3.47. The van der Waals surface area contributed by atoms with E-state index in [1.807, 2.05) is 83.7 Å². The van der Waals surface area contributed by atoms with Gasteiger partial charge in [-0.15, -0.1) is 0 Å². The first-order chi connectivity index (χ1) is 18.5. The lowest BCUT2D eigenvalue weighted by molar-refractivity contribution is -0.122. The van der Waals surface area contributed by atoms with E-state index >= 15 is 0 Å². The fourth-order valence-corrected chi connectivity index (χ4v) is 5.65. The smallest absolute Gasteiger partial charge is 0.266 e. The van der Waals surface area contributed by atoms with Gasteiger partial charge in [0.25, 0.3) is 5.91 Å². The molecule has 0 unspecified atom stereocenters. The fourth-order valence-electron chi connectivity index (χ4n) is 4.35. The molecule has 5 rings (SSSR count). The molecular formula is C31H29N3O2S2. The monoisotopic (exact) mass is 539 g/mol.